The molecule has 108 valence electrons. The molecule has 8 heteroatoms. The number of rotatable bonds is 5. The molecule has 0 aliphatic rings. The highest BCUT2D eigenvalue weighted by Gasteiger charge is 2.36. The Labute approximate surface area is 109 Å². The molecule has 0 amide bonds. The van der Waals surface area contributed by atoms with Gasteiger partial charge in [0.1, 0.15) is 6.54 Å². The van der Waals surface area contributed by atoms with Crippen molar-refractivity contribution >= 4 is 10.0 Å². The van der Waals surface area contributed by atoms with Crippen molar-refractivity contribution in [2.45, 2.75) is 18.0 Å². The van der Waals surface area contributed by atoms with Crippen molar-refractivity contribution in [1.29, 1.82) is 0 Å². The monoisotopic (exact) mass is 297 g/mol. The predicted molar refractivity (Wildman–Crippen MR) is 63.1 cm³/mol. The number of aliphatic hydroxyl groups excluding tert-OH is 1. The molecule has 0 heterocycles. The highest BCUT2D eigenvalue weighted by molar-refractivity contribution is 7.89. The minimum atomic E-state index is -4.66. The molecular weight excluding hydrogens is 283 g/mol. The average molecular weight is 297 g/mol. The SMILES string of the molecule is Cc1cccc(S(=O)(=O)N(CCO)CC(F)(F)F)c1. The zero-order valence-corrected chi connectivity index (χ0v) is 11.0. The van der Waals surface area contributed by atoms with Crippen LogP contribution >= 0.6 is 0 Å². The molecule has 4 nitrogen and oxygen atoms in total. The van der Waals surface area contributed by atoms with Crippen molar-refractivity contribution in [3.8, 4) is 0 Å². The molecule has 0 saturated carbocycles. The molecule has 0 aliphatic heterocycles. The largest absolute Gasteiger partial charge is 0.402 e. The number of nitrogens with zero attached hydrogens (tertiary/aromatic N) is 1. The van der Waals surface area contributed by atoms with Crippen LogP contribution in [-0.4, -0.2) is 43.7 Å². The van der Waals surface area contributed by atoms with Crippen LogP contribution < -0.4 is 0 Å². The minimum Gasteiger partial charge on any atom is -0.395 e. The highest BCUT2D eigenvalue weighted by atomic mass is 32.2. The maximum Gasteiger partial charge on any atom is 0.402 e. The van der Waals surface area contributed by atoms with Gasteiger partial charge in [0.15, 0.2) is 0 Å². The molecule has 0 fully saturated rings. The van der Waals surface area contributed by atoms with Crippen LogP contribution in [0, 0.1) is 6.92 Å². The summed E-state index contributed by atoms with van der Waals surface area (Å²) in [5.74, 6) is 0. The molecule has 0 spiro atoms. The number of hydrogen-bond acceptors (Lipinski definition) is 3. The normalized spacial score (nSPS) is 12.9. The van der Waals surface area contributed by atoms with E-state index in [9.17, 15) is 21.6 Å². The highest BCUT2D eigenvalue weighted by Crippen LogP contribution is 2.22. The third-order valence-corrected chi connectivity index (χ3v) is 4.17. The van der Waals surface area contributed by atoms with Gasteiger partial charge in [0.05, 0.1) is 11.5 Å². The molecule has 19 heavy (non-hydrogen) atoms. The number of sulfonamides is 1. The standard InChI is InChI=1S/C11H14F3NO3S/c1-9-3-2-4-10(7-9)19(17,18)15(5-6-16)8-11(12,13)14/h2-4,7,16H,5-6,8H2,1H3. The molecule has 1 aromatic carbocycles. The fraction of sp³-hybridized carbons (Fsp3) is 0.455. The summed E-state index contributed by atoms with van der Waals surface area (Å²) >= 11 is 0. The fourth-order valence-electron chi connectivity index (χ4n) is 1.52. The van der Waals surface area contributed by atoms with Crippen molar-refractivity contribution in [3.05, 3.63) is 29.8 Å². The van der Waals surface area contributed by atoms with E-state index in [1.54, 1.807) is 13.0 Å². The smallest absolute Gasteiger partial charge is 0.395 e. The van der Waals surface area contributed by atoms with Crippen LogP contribution in [0.3, 0.4) is 0 Å². The number of alkyl halides is 3. The van der Waals surface area contributed by atoms with Crippen LogP contribution in [0.25, 0.3) is 0 Å². The van der Waals surface area contributed by atoms with Gasteiger partial charge in [-0.15, -0.1) is 0 Å². The van der Waals surface area contributed by atoms with Gasteiger partial charge in [-0.2, -0.15) is 17.5 Å². The molecule has 0 atom stereocenters. The van der Waals surface area contributed by atoms with Crippen molar-refractivity contribution in [2.75, 3.05) is 19.7 Å². The minimum absolute atomic E-state index is 0.217. The molecule has 1 N–H and O–H groups in total. The van der Waals surface area contributed by atoms with Crippen LogP contribution in [-0.2, 0) is 10.0 Å². The Morgan fingerprint density at radius 1 is 1.32 bits per heavy atom. The predicted octanol–water partition coefficient (Wildman–Crippen LogP) is 1.54. The lowest BCUT2D eigenvalue weighted by atomic mass is 10.2. The average Bonchev–Trinajstić information content (AvgIpc) is 2.26. The molecule has 1 rings (SSSR count). The van der Waals surface area contributed by atoms with Crippen LogP contribution in [0.2, 0.25) is 0 Å². The lowest BCUT2D eigenvalue weighted by Crippen LogP contribution is -2.40. The van der Waals surface area contributed by atoms with Gasteiger partial charge in [-0.1, -0.05) is 12.1 Å². The Kier molecular flexibility index (Phi) is 4.94. The Bertz CT molecular complexity index is 528. The first-order chi connectivity index (χ1) is 8.66. The van der Waals surface area contributed by atoms with Gasteiger partial charge in [-0.25, -0.2) is 8.42 Å². The van der Waals surface area contributed by atoms with Crippen molar-refractivity contribution in [2.24, 2.45) is 0 Å². The summed E-state index contributed by atoms with van der Waals surface area (Å²) in [6.07, 6.45) is -4.66. The van der Waals surface area contributed by atoms with Gasteiger partial charge in [0.25, 0.3) is 0 Å². The van der Waals surface area contributed by atoms with E-state index in [1.165, 1.54) is 18.2 Å². The van der Waals surface area contributed by atoms with E-state index in [0.29, 0.717) is 5.56 Å². The zero-order valence-electron chi connectivity index (χ0n) is 10.2. The van der Waals surface area contributed by atoms with E-state index in [4.69, 9.17) is 5.11 Å². The van der Waals surface area contributed by atoms with Gasteiger partial charge in [-0.05, 0) is 24.6 Å². The maximum absolute atomic E-state index is 12.4. The summed E-state index contributed by atoms with van der Waals surface area (Å²) in [6, 6.07) is 5.60. The Hall–Kier alpha value is -1.12. The van der Waals surface area contributed by atoms with Gasteiger partial charge >= 0.3 is 6.18 Å². The first-order valence-corrected chi connectivity index (χ1v) is 6.85. The van der Waals surface area contributed by atoms with E-state index in [1.807, 2.05) is 0 Å². The molecule has 0 unspecified atom stereocenters. The Morgan fingerprint density at radius 3 is 2.42 bits per heavy atom. The lowest BCUT2D eigenvalue weighted by Gasteiger charge is -2.22. The summed E-state index contributed by atoms with van der Waals surface area (Å²) in [5.41, 5.74) is 0.622. The van der Waals surface area contributed by atoms with E-state index >= 15 is 0 Å². The quantitative estimate of drug-likeness (QED) is 0.897. The second-order valence-electron chi connectivity index (χ2n) is 3.99. The summed E-state index contributed by atoms with van der Waals surface area (Å²) in [5, 5.41) is 8.72. The molecule has 0 bridgehead atoms. The third-order valence-electron chi connectivity index (χ3n) is 2.33. The van der Waals surface area contributed by atoms with E-state index in [2.05, 4.69) is 0 Å². The summed E-state index contributed by atoms with van der Waals surface area (Å²) < 4.78 is 61.5. The number of halogens is 3. The molecule has 1 aromatic rings. The Morgan fingerprint density at radius 2 is 1.95 bits per heavy atom. The van der Waals surface area contributed by atoms with E-state index in [-0.39, 0.29) is 9.20 Å². The summed E-state index contributed by atoms with van der Waals surface area (Å²) in [6.45, 7) is -1.26. The zero-order chi connectivity index (χ0) is 14.7. The molecule has 0 saturated heterocycles. The summed E-state index contributed by atoms with van der Waals surface area (Å²) in [7, 11) is -4.27. The number of benzene rings is 1. The van der Waals surface area contributed by atoms with Crippen molar-refractivity contribution < 1.29 is 26.7 Å². The van der Waals surface area contributed by atoms with Gasteiger partial charge in [-0.3, -0.25) is 0 Å². The van der Waals surface area contributed by atoms with Crippen LogP contribution in [0.4, 0.5) is 13.2 Å². The molecular formula is C11H14F3NO3S. The number of hydrogen-bond donors (Lipinski definition) is 1. The number of aryl methyl sites for hydroxylation is 1. The first kappa shape index (κ1) is 15.9. The molecule has 0 aromatic heterocycles. The topological polar surface area (TPSA) is 57.6 Å². The van der Waals surface area contributed by atoms with Gasteiger partial charge in [0.2, 0.25) is 10.0 Å². The van der Waals surface area contributed by atoms with Crippen LogP contribution in [0.15, 0.2) is 29.2 Å². The number of aliphatic hydroxyl groups is 1. The third kappa shape index (κ3) is 4.48. The maximum atomic E-state index is 12.4. The first-order valence-electron chi connectivity index (χ1n) is 5.41. The van der Waals surface area contributed by atoms with Gasteiger partial charge < -0.3 is 5.11 Å². The lowest BCUT2D eigenvalue weighted by molar-refractivity contribution is -0.136. The van der Waals surface area contributed by atoms with Gasteiger partial charge in [0, 0.05) is 6.54 Å². The molecule has 0 radical (unpaired) electrons. The fourth-order valence-corrected chi connectivity index (χ4v) is 3.04. The van der Waals surface area contributed by atoms with Crippen molar-refractivity contribution in [1.82, 2.24) is 4.31 Å². The second-order valence-corrected chi connectivity index (χ2v) is 5.93. The van der Waals surface area contributed by atoms with Crippen LogP contribution in [0.5, 0.6) is 0 Å². The van der Waals surface area contributed by atoms with Crippen molar-refractivity contribution in [3.63, 3.8) is 0 Å². The Balaban J connectivity index is 3.13. The molecule has 0 aliphatic carbocycles. The van der Waals surface area contributed by atoms with E-state index < -0.39 is 35.9 Å². The second kappa shape index (κ2) is 5.89. The van der Waals surface area contributed by atoms with Crippen LogP contribution in [0.1, 0.15) is 5.56 Å². The summed E-state index contributed by atoms with van der Waals surface area (Å²) in [4.78, 5) is -0.217. The van der Waals surface area contributed by atoms with E-state index in [0.717, 1.165) is 0 Å².